The minimum atomic E-state index is -1.10. The van der Waals surface area contributed by atoms with Crippen LogP contribution in [0.25, 0.3) is 11.1 Å². The third-order valence-electron chi connectivity index (χ3n) is 3.78. The number of carbonyl (C=O) groups is 2. The molecule has 0 aliphatic carbocycles. The minimum Gasteiger partial charge on any atom is -0.465 e. The zero-order valence-corrected chi connectivity index (χ0v) is 15.3. The molecule has 25 heavy (non-hydrogen) atoms. The van der Waals surface area contributed by atoms with Gasteiger partial charge in [-0.1, -0.05) is 35.9 Å². The Morgan fingerprint density at radius 3 is 2.24 bits per heavy atom. The Bertz CT molecular complexity index is 752. The van der Waals surface area contributed by atoms with E-state index >= 15 is 0 Å². The molecule has 0 N–H and O–H groups in total. The van der Waals surface area contributed by atoms with E-state index in [0.717, 1.165) is 16.7 Å². The molecule has 0 heterocycles. The number of benzene rings is 2. The van der Waals surface area contributed by atoms with Crippen molar-refractivity contribution in [2.45, 2.75) is 26.7 Å². The van der Waals surface area contributed by atoms with Crippen molar-refractivity contribution in [3.63, 3.8) is 0 Å². The maximum absolute atomic E-state index is 12.3. The molecule has 0 aromatic heterocycles. The van der Waals surface area contributed by atoms with Gasteiger partial charge in [-0.3, -0.25) is 9.59 Å². The predicted octanol–water partition coefficient (Wildman–Crippen LogP) is 4.53. The van der Waals surface area contributed by atoms with Crippen LogP contribution in [0.2, 0.25) is 5.02 Å². The van der Waals surface area contributed by atoms with E-state index in [0.29, 0.717) is 10.6 Å². The van der Waals surface area contributed by atoms with Gasteiger partial charge in [-0.05, 0) is 61.2 Å². The Morgan fingerprint density at radius 1 is 1.00 bits per heavy atom. The van der Waals surface area contributed by atoms with Gasteiger partial charge in [-0.15, -0.1) is 0 Å². The van der Waals surface area contributed by atoms with Gasteiger partial charge >= 0.3 is 11.9 Å². The van der Waals surface area contributed by atoms with Crippen LogP contribution in [0.5, 0.6) is 0 Å². The summed E-state index contributed by atoms with van der Waals surface area (Å²) >= 11 is 6.10. The fourth-order valence-electron chi connectivity index (χ4n) is 2.61. The van der Waals surface area contributed by atoms with Crippen LogP contribution < -0.4 is 0 Å². The Kier molecular flexibility index (Phi) is 6.59. The van der Waals surface area contributed by atoms with Crippen LogP contribution in [0.1, 0.15) is 30.9 Å². The van der Waals surface area contributed by atoms with Crippen molar-refractivity contribution in [1.82, 2.24) is 0 Å². The van der Waals surface area contributed by atoms with Gasteiger partial charge in [0.1, 0.15) is 0 Å². The Labute approximate surface area is 152 Å². The average molecular weight is 361 g/mol. The van der Waals surface area contributed by atoms with Crippen LogP contribution in [0.3, 0.4) is 0 Å². The van der Waals surface area contributed by atoms with E-state index in [9.17, 15) is 9.59 Å². The topological polar surface area (TPSA) is 52.6 Å². The average Bonchev–Trinajstić information content (AvgIpc) is 2.58. The molecule has 0 saturated carbocycles. The Balaban J connectivity index is 2.47. The second kappa shape index (κ2) is 8.67. The number of aryl methyl sites for hydroxylation is 1. The molecule has 0 saturated heterocycles. The Hall–Kier alpha value is -2.33. The highest BCUT2D eigenvalue weighted by Crippen LogP contribution is 2.30. The maximum atomic E-state index is 12.3. The normalized spacial score (nSPS) is 10.6. The zero-order valence-electron chi connectivity index (χ0n) is 14.5. The smallest absolute Gasteiger partial charge is 0.324 e. The highest BCUT2D eigenvalue weighted by atomic mass is 35.5. The van der Waals surface area contributed by atoms with Crippen LogP contribution in [0.4, 0.5) is 0 Å². The number of halogens is 1. The van der Waals surface area contributed by atoms with Crippen molar-refractivity contribution in [1.29, 1.82) is 0 Å². The third kappa shape index (κ3) is 4.60. The Morgan fingerprint density at radius 2 is 1.64 bits per heavy atom. The monoisotopic (exact) mass is 360 g/mol. The van der Waals surface area contributed by atoms with Gasteiger partial charge in [0.15, 0.2) is 5.92 Å². The van der Waals surface area contributed by atoms with Crippen molar-refractivity contribution < 1.29 is 19.1 Å². The van der Waals surface area contributed by atoms with E-state index in [4.69, 9.17) is 21.1 Å². The summed E-state index contributed by atoms with van der Waals surface area (Å²) in [7, 11) is 0. The SMILES string of the molecule is CCOC(=O)C(C(=O)OCC)c1cccc(-c2cc(Cl)ccc2C)c1. The van der Waals surface area contributed by atoms with E-state index < -0.39 is 17.9 Å². The van der Waals surface area contributed by atoms with Gasteiger partial charge in [0.05, 0.1) is 13.2 Å². The predicted molar refractivity (Wildman–Crippen MR) is 97.6 cm³/mol. The van der Waals surface area contributed by atoms with Crippen molar-refractivity contribution in [2.75, 3.05) is 13.2 Å². The number of hydrogen-bond donors (Lipinski definition) is 0. The molecule has 0 aliphatic heterocycles. The first kappa shape index (κ1) is 19.0. The zero-order chi connectivity index (χ0) is 18.4. The fraction of sp³-hybridized carbons (Fsp3) is 0.300. The van der Waals surface area contributed by atoms with Crippen molar-refractivity contribution in [2.24, 2.45) is 0 Å². The molecule has 5 heteroatoms. The van der Waals surface area contributed by atoms with Crippen LogP contribution >= 0.6 is 11.6 Å². The summed E-state index contributed by atoms with van der Waals surface area (Å²) in [5, 5.41) is 0.623. The second-order valence-corrected chi connectivity index (χ2v) is 5.96. The molecule has 132 valence electrons. The lowest BCUT2D eigenvalue weighted by Gasteiger charge is -2.16. The van der Waals surface area contributed by atoms with E-state index in [1.165, 1.54) is 0 Å². The summed E-state index contributed by atoms with van der Waals surface area (Å²) < 4.78 is 10.1. The molecule has 0 radical (unpaired) electrons. The molecular formula is C20H21ClO4. The van der Waals surface area contributed by atoms with E-state index in [1.54, 1.807) is 32.0 Å². The van der Waals surface area contributed by atoms with Crippen molar-refractivity contribution in [3.8, 4) is 11.1 Å². The third-order valence-corrected chi connectivity index (χ3v) is 4.01. The van der Waals surface area contributed by atoms with Crippen molar-refractivity contribution in [3.05, 3.63) is 58.6 Å². The van der Waals surface area contributed by atoms with Gasteiger partial charge in [-0.25, -0.2) is 0 Å². The van der Waals surface area contributed by atoms with E-state index in [2.05, 4.69) is 0 Å². The largest absolute Gasteiger partial charge is 0.465 e. The van der Waals surface area contributed by atoms with Gasteiger partial charge in [0.2, 0.25) is 0 Å². The summed E-state index contributed by atoms with van der Waals surface area (Å²) in [5.74, 6) is -2.32. The first-order chi connectivity index (χ1) is 12.0. The molecular weight excluding hydrogens is 340 g/mol. The van der Waals surface area contributed by atoms with Gasteiger partial charge in [0.25, 0.3) is 0 Å². The minimum absolute atomic E-state index is 0.196. The van der Waals surface area contributed by atoms with Gasteiger partial charge in [0, 0.05) is 5.02 Å². The van der Waals surface area contributed by atoms with E-state index in [1.807, 2.05) is 31.2 Å². The summed E-state index contributed by atoms with van der Waals surface area (Å²) in [4.78, 5) is 24.6. The molecule has 2 rings (SSSR count). The number of esters is 2. The molecule has 0 amide bonds. The summed E-state index contributed by atoms with van der Waals surface area (Å²) in [6, 6.07) is 12.9. The molecule has 0 unspecified atom stereocenters. The lowest BCUT2D eigenvalue weighted by atomic mass is 9.93. The quantitative estimate of drug-likeness (QED) is 0.561. The molecule has 2 aromatic rings. The van der Waals surface area contributed by atoms with Crippen LogP contribution in [-0.2, 0) is 19.1 Å². The number of carbonyl (C=O) groups excluding carboxylic acids is 2. The molecule has 0 bridgehead atoms. The lowest BCUT2D eigenvalue weighted by Crippen LogP contribution is -2.26. The van der Waals surface area contributed by atoms with Crippen LogP contribution in [0.15, 0.2) is 42.5 Å². The first-order valence-electron chi connectivity index (χ1n) is 8.17. The number of ether oxygens (including phenoxy) is 2. The standard InChI is InChI=1S/C20H21ClO4/c1-4-24-19(22)18(20(23)25-5-2)15-8-6-7-14(11-15)17-12-16(21)10-9-13(17)3/h6-12,18H,4-5H2,1-3H3. The molecule has 0 fully saturated rings. The van der Waals surface area contributed by atoms with Crippen LogP contribution in [-0.4, -0.2) is 25.2 Å². The van der Waals surface area contributed by atoms with Gasteiger partial charge < -0.3 is 9.47 Å². The lowest BCUT2D eigenvalue weighted by molar-refractivity contribution is -0.156. The fourth-order valence-corrected chi connectivity index (χ4v) is 2.78. The molecule has 0 atom stereocenters. The molecule has 4 nitrogen and oxygen atoms in total. The molecule has 2 aromatic carbocycles. The van der Waals surface area contributed by atoms with Crippen LogP contribution in [0, 0.1) is 6.92 Å². The summed E-state index contributed by atoms with van der Waals surface area (Å²) in [6.45, 7) is 5.77. The van der Waals surface area contributed by atoms with E-state index in [-0.39, 0.29) is 13.2 Å². The maximum Gasteiger partial charge on any atom is 0.324 e. The highest BCUT2D eigenvalue weighted by molar-refractivity contribution is 6.30. The number of rotatable bonds is 6. The first-order valence-corrected chi connectivity index (χ1v) is 8.55. The summed E-state index contributed by atoms with van der Waals surface area (Å²) in [6.07, 6.45) is 0. The molecule has 0 spiro atoms. The van der Waals surface area contributed by atoms with Gasteiger partial charge in [-0.2, -0.15) is 0 Å². The molecule has 0 aliphatic rings. The highest BCUT2D eigenvalue weighted by Gasteiger charge is 2.31. The number of hydrogen-bond acceptors (Lipinski definition) is 4. The van der Waals surface area contributed by atoms with Crippen molar-refractivity contribution >= 4 is 23.5 Å². The second-order valence-electron chi connectivity index (χ2n) is 5.52. The summed E-state index contributed by atoms with van der Waals surface area (Å²) in [5.41, 5.74) is 3.40.